The molecule has 3 heterocycles. The Bertz CT molecular complexity index is 1350. The largest absolute Gasteiger partial charge is 0.355 e. The van der Waals surface area contributed by atoms with Gasteiger partial charge in [0.05, 0.1) is 17.4 Å². The first-order valence-corrected chi connectivity index (χ1v) is 10.3. The molecule has 0 aliphatic heterocycles. The van der Waals surface area contributed by atoms with Gasteiger partial charge in [-0.25, -0.2) is 0 Å². The first kappa shape index (κ1) is 19.0. The fourth-order valence-electron chi connectivity index (χ4n) is 3.94. The number of benzene rings is 2. The predicted molar refractivity (Wildman–Crippen MR) is 126 cm³/mol. The normalized spacial score (nSPS) is 11.1. The molecular weight excluding hydrogens is 382 g/mol. The summed E-state index contributed by atoms with van der Waals surface area (Å²) in [5, 5.41) is 11.5. The number of nitrogens with one attached hydrogen (secondary N) is 2. The molecule has 0 radical (unpaired) electrons. The van der Waals surface area contributed by atoms with Crippen molar-refractivity contribution in [1.29, 1.82) is 0 Å². The molecule has 5 rings (SSSR count). The van der Waals surface area contributed by atoms with Crippen LogP contribution in [-0.4, -0.2) is 20.2 Å². The first-order chi connectivity index (χ1) is 15.1. The molecular formula is C26H23N5. The van der Waals surface area contributed by atoms with E-state index in [1.165, 1.54) is 11.1 Å². The second-order valence-corrected chi connectivity index (χ2v) is 7.91. The Balaban J connectivity index is 1.42. The smallest absolute Gasteiger partial charge is 0.0755 e. The van der Waals surface area contributed by atoms with Crippen molar-refractivity contribution in [3.63, 3.8) is 0 Å². The first-order valence-electron chi connectivity index (χ1n) is 10.3. The number of hydrogen-bond acceptors (Lipinski definition) is 4. The van der Waals surface area contributed by atoms with Crippen molar-refractivity contribution in [3.8, 4) is 22.4 Å². The number of pyridine rings is 2. The average molecular weight is 406 g/mol. The van der Waals surface area contributed by atoms with Gasteiger partial charge in [-0.15, -0.1) is 0 Å². The molecule has 0 spiro atoms. The third kappa shape index (κ3) is 3.78. The van der Waals surface area contributed by atoms with Crippen LogP contribution < -0.4 is 5.32 Å². The lowest BCUT2D eigenvalue weighted by Gasteiger charge is -2.13. The number of hydrogen-bond donors (Lipinski definition) is 2. The van der Waals surface area contributed by atoms with Crippen LogP contribution in [0.5, 0.6) is 0 Å². The number of rotatable bonds is 4. The summed E-state index contributed by atoms with van der Waals surface area (Å²) in [6.45, 7) is 6.27. The van der Waals surface area contributed by atoms with Crippen LogP contribution in [0, 0.1) is 20.8 Å². The van der Waals surface area contributed by atoms with Crippen LogP contribution in [-0.2, 0) is 0 Å². The zero-order valence-electron chi connectivity index (χ0n) is 17.8. The molecule has 0 saturated heterocycles. The summed E-state index contributed by atoms with van der Waals surface area (Å²) in [6, 6.07) is 19.0. The van der Waals surface area contributed by atoms with E-state index in [9.17, 15) is 0 Å². The van der Waals surface area contributed by atoms with Crippen LogP contribution in [0.15, 0.2) is 73.2 Å². The SMILES string of the molecule is Cc1cc(C)c2nc(C)cc(Nc3ccc(-c4ccc(-c5cn[nH]c5)nc4)cc3)c2c1. The monoisotopic (exact) mass is 405 g/mol. The molecule has 0 unspecified atom stereocenters. The van der Waals surface area contributed by atoms with Gasteiger partial charge in [0, 0.05) is 46.0 Å². The summed E-state index contributed by atoms with van der Waals surface area (Å²) in [4.78, 5) is 9.31. The van der Waals surface area contributed by atoms with Crippen molar-refractivity contribution in [3.05, 3.63) is 90.0 Å². The highest BCUT2D eigenvalue weighted by molar-refractivity contribution is 5.95. The quantitative estimate of drug-likeness (QED) is 0.365. The number of aryl methyl sites for hydroxylation is 3. The fourth-order valence-corrected chi connectivity index (χ4v) is 3.94. The Morgan fingerprint density at radius 1 is 0.806 bits per heavy atom. The zero-order valence-corrected chi connectivity index (χ0v) is 17.8. The molecule has 0 atom stereocenters. The van der Waals surface area contributed by atoms with Gasteiger partial charge in [0.25, 0.3) is 0 Å². The van der Waals surface area contributed by atoms with E-state index in [4.69, 9.17) is 4.98 Å². The number of anilines is 2. The average Bonchev–Trinajstić information content (AvgIpc) is 3.30. The van der Waals surface area contributed by atoms with Gasteiger partial charge in [0.1, 0.15) is 0 Å². The number of aromatic amines is 1. The maximum absolute atomic E-state index is 4.75. The lowest BCUT2D eigenvalue weighted by atomic mass is 10.0. The van der Waals surface area contributed by atoms with Gasteiger partial charge < -0.3 is 5.32 Å². The number of aromatic nitrogens is 4. The molecule has 31 heavy (non-hydrogen) atoms. The van der Waals surface area contributed by atoms with Crippen LogP contribution >= 0.6 is 0 Å². The van der Waals surface area contributed by atoms with E-state index in [1.54, 1.807) is 6.20 Å². The van der Waals surface area contributed by atoms with E-state index < -0.39 is 0 Å². The van der Waals surface area contributed by atoms with E-state index in [0.29, 0.717) is 0 Å². The minimum Gasteiger partial charge on any atom is -0.355 e. The van der Waals surface area contributed by atoms with Crippen molar-refractivity contribution in [2.45, 2.75) is 20.8 Å². The molecule has 2 N–H and O–H groups in total. The summed E-state index contributed by atoms with van der Waals surface area (Å²) < 4.78 is 0. The number of fused-ring (bicyclic) bond motifs is 1. The van der Waals surface area contributed by atoms with Crippen LogP contribution in [0.1, 0.15) is 16.8 Å². The lowest BCUT2D eigenvalue weighted by molar-refractivity contribution is 1.09. The molecule has 5 aromatic rings. The minimum absolute atomic E-state index is 0.904. The third-order valence-electron chi connectivity index (χ3n) is 5.43. The molecule has 0 aliphatic rings. The van der Waals surface area contributed by atoms with Gasteiger partial charge in [0.2, 0.25) is 0 Å². The molecule has 5 heteroatoms. The van der Waals surface area contributed by atoms with Gasteiger partial charge in [-0.3, -0.25) is 15.1 Å². The van der Waals surface area contributed by atoms with Gasteiger partial charge in [0.15, 0.2) is 0 Å². The third-order valence-corrected chi connectivity index (χ3v) is 5.43. The summed E-state index contributed by atoms with van der Waals surface area (Å²) in [6.07, 6.45) is 5.52. The molecule has 0 bridgehead atoms. The van der Waals surface area contributed by atoms with Crippen LogP contribution in [0.4, 0.5) is 11.4 Å². The van der Waals surface area contributed by atoms with E-state index in [-0.39, 0.29) is 0 Å². The van der Waals surface area contributed by atoms with Crippen molar-refractivity contribution < 1.29 is 0 Å². The Morgan fingerprint density at radius 2 is 1.61 bits per heavy atom. The van der Waals surface area contributed by atoms with Gasteiger partial charge in [-0.05, 0) is 62.2 Å². The van der Waals surface area contributed by atoms with Crippen LogP contribution in [0.2, 0.25) is 0 Å². The summed E-state index contributed by atoms with van der Waals surface area (Å²) in [5.41, 5.74) is 10.7. The van der Waals surface area contributed by atoms with E-state index in [0.717, 1.165) is 50.4 Å². The Morgan fingerprint density at radius 3 is 2.32 bits per heavy atom. The van der Waals surface area contributed by atoms with Gasteiger partial charge >= 0.3 is 0 Å². The van der Waals surface area contributed by atoms with Crippen molar-refractivity contribution >= 4 is 22.3 Å². The topological polar surface area (TPSA) is 66.5 Å². The molecule has 5 nitrogen and oxygen atoms in total. The summed E-state index contributed by atoms with van der Waals surface area (Å²) in [5.74, 6) is 0. The van der Waals surface area contributed by atoms with Gasteiger partial charge in [-0.1, -0.05) is 29.8 Å². The molecule has 152 valence electrons. The molecule has 3 aromatic heterocycles. The highest BCUT2D eigenvalue weighted by atomic mass is 15.1. The van der Waals surface area contributed by atoms with Crippen molar-refractivity contribution in [1.82, 2.24) is 20.2 Å². The minimum atomic E-state index is 0.904. The van der Waals surface area contributed by atoms with Crippen LogP contribution in [0.25, 0.3) is 33.3 Å². The highest BCUT2D eigenvalue weighted by Crippen LogP contribution is 2.30. The predicted octanol–water partition coefficient (Wildman–Crippen LogP) is 6.36. The summed E-state index contributed by atoms with van der Waals surface area (Å²) >= 11 is 0. The van der Waals surface area contributed by atoms with E-state index >= 15 is 0 Å². The van der Waals surface area contributed by atoms with E-state index in [1.807, 2.05) is 25.4 Å². The lowest BCUT2D eigenvalue weighted by Crippen LogP contribution is -1.96. The maximum atomic E-state index is 4.75. The van der Waals surface area contributed by atoms with Gasteiger partial charge in [-0.2, -0.15) is 5.10 Å². The molecule has 2 aromatic carbocycles. The number of nitrogens with zero attached hydrogens (tertiary/aromatic N) is 3. The highest BCUT2D eigenvalue weighted by Gasteiger charge is 2.08. The second kappa shape index (κ2) is 7.69. The fraction of sp³-hybridized carbons (Fsp3) is 0.115. The molecule has 0 saturated carbocycles. The second-order valence-electron chi connectivity index (χ2n) is 7.91. The maximum Gasteiger partial charge on any atom is 0.0755 e. The number of H-pyrrole nitrogens is 1. The van der Waals surface area contributed by atoms with Crippen LogP contribution in [0.3, 0.4) is 0 Å². The Labute approximate surface area is 181 Å². The molecule has 0 aliphatic carbocycles. The molecule has 0 amide bonds. The Hall–Kier alpha value is -3.99. The standard InChI is InChI=1S/C26H23N5/c1-16-10-17(2)26-23(11-16)25(12-18(3)30-26)31-22-7-4-19(5-8-22)20-6-9-24(27-13-20)21-14-28-29-15-21/h4-15H,1-3H3,(H,28,29)(H,30,31). The summed E-state index contributed by atoms with van der Waals surface area (Å²) in [7, 11) is 0. The van der Waals surface area contributed by atoms with E-state index in [2.05, 4.69) is 82.9 Å². The van der Waals surface area contributed by atoms with Crippen molar-refractivity contribution in [2.24, 2.45) is 0 Å². The zero-order chi connectivity index (χ0) is 21.4. The van der Waals surface area contributed by atoms with Crippen molar-refractivity contribution in [2.75, 3.05) is 5.32 Å². The Kier molecular flexibility index (Phi) is 4.71. The molecule has 0 fully saturated rings.